The fraction of sp³-hybridized carbons (Fsp3) is 0. The molecule has 6 heteroatoms. The Hall–Kier alpha value is -1.20. The van der Waals surface area contributed by atoms with Crippen LogP contribution in [0.4, 0.5) is 4.39 Å². The molecule has 0 radical (unpaired) electrons. The molecular formula is C10H5BrClFN2O. The lowest BCUT2D eigenvalue weighted by Crippen LogP contribution is -1.91. The van der Waals surface area contributed by atoms with Crippen molar-refractivity contribution in [3.8, 4) is 11.6 Å². The highest BCUT2D eigenvalue weighted by molar-refractivity contribution is 9.10. The topological polar surface area (TPSA) is 35.0 Å². The molecule has 0 aliphatic rings. The second kappa shape index (κ2) is 4.76. The maximum atomic E-state index is 12.8. The first-order chi connectivity index (χ1) is 7.65. The number of halogens is 3. The highest BCUT2D eigenvalue weighted by Crippen LogP contribution is 2.30. The van der Waals surface area contributed by atoms with Crippen LogP contribution in [-0.4, -0.2) is 9.97 Å². The summed E-state index contributed by atoms with van der Waals surface area (Å²) in [4.78, 5) is 7.07. The molecule has 16 heavy (non-hydrogen) atoms. The normalized spacial score (nSPS) is 10.2. The first-order valence-electron chi connectivity index (χ1n) is 4.25. The van der Waals surface area contributed by atoms with Crippen molar-refractivity contribution in [3.63, 3.8) is 0 Å². The first kappa shape index (κ1) is 11.3. The smallest absolute Gasteiger partial charge is 0.225 e. The number of benzene rings is 1. The van der Waals surface area contributed by atoms with E-state index in [9.17, 15) is 4.39 Å². The molecule has 2 rings (SSSR count). The minimum Gasteiger partial charge on any atom is -0.437 e. The minimum absolute atomic E-state index is 0.108. The zero-order chi connectivity index (χ0) is 11.5. The molecule has 1 heterocycles. The zero-order valence-corrected chi connectivity index (χ0v) is 10.2. The molecular weight excluding hydrogens is 298 g/mol. The van der Waals surface area contributed by atoms with Gasteiger partial charge < -0.3 is 4.74 Å². The van der Waals surface area contributed by atoms with Gasteiger partial charge in [0, 0.05) is 4.47 Å². The highest BCUT2D eigenvalue weighted by Gasteiger charge is 2.05. The molecule has 0 fully saturated rings. The van der Waals surface area contributed by atoms with Gasteiger partial charge in [0.2, 0.25) is 11.8 Å². The number of ether oxygens (including phenoxy) is 1. The number of hydrogen-bond donors (Lipinski definition) is 0. The van der Waals surface area contributed by atoms with Gasteiger partial charge in [-0.05, 0) is 18.2 Å². The molecule has 0 spiro atoms. The van der Waals surface area contributed by atoms with Gasteiger partial charge in [0.05, 0.1) is 11.1 Å². The largest absolute Gasteiger partial charge is 0.437 e. The van der Waals surface area contributed by atoms with Gasteiger partial charge in [-0.15, -0.1) is 0 Å². The lowest BCUT2D eigenvalue weighted by Gasteiger charge is -2.06. The van der Waals surface area contributed by atoms with Gasteiger partial charge >= 0.3 is 0 Å². The maximum Gasteiger partial charge on any atom is 0.225 e. The number of aromatic nitrogens is 2. The van der Waals surface area contributed by atoms with Crippen LogP contribution >= 0.6 is 27.5 Å². The summed E-state index contributed by atoms with van der Waals surface area (Å²) in [5.74, 6) is -0.141. The van der Waals surface area contributed by atoms with E-state index in [4.69, 9.17) is 16.3 Å². The van der Waals surface area contributed by atoms with Gasteiger partial charge in [0.1, 0.15) is 12.1 Å². The average Bonchev–Trinajstić information content (AvgIpc) is 2.22. The quantitative estimate of drug-likeness (QED) is 0.791. The van der Waals surface area contributed by atoms with Crippen LogP contribution in [-0.2, 0) is 0 Å². The summed E-state index contributed by atoms with van der Waals surface area (Å²) >= 11 is 9.19. The van der Waals surface area contributed by atoms with Gasteiger partial charge in [-0.3, -0.25) is 0 Å². The third-order valence-corrected chi connectivity index (χ3v) is 2.51. The molecule has 0 amide bonds. The van der Waals surface area contributed by atoms with Crippen molar-refractivity contribution >= 4 is 27.5 Å². The summed E-state index contributed by atoms with van der Waals surface area (Å²) < 4.78 is 18.9. The Labute approximate surface area is 104 Å². The Balaban J connectivity index is 2.27. The maximum absolute atomic E-state index is 12.8. The van der Waals surface area contributed by atoms with Crippen LogP contribution in [0.3, 0.4) is 0 Å². The van der Waals surface area contributed by atoms with E-state index in [1.165, 1.54) is 0 Å². The van der Waals surface area contributed by atoms with E-state index >= 15 is 0 Å². The monoisotopic (exact) mass is 302 g/mol. The molecule has 2 aromatic rings. The van der Waals surface area contributed by atoms with Crippen LogP contribution in [0.15, 0.2) is 35.1 Å². The molecule has 0 saturated heterocycles. The first-order valence-corrected chi connectivity index (χ1v) is 5.43. The van der Waals surface area contributed by atoms with Crippen LogP contribution in [0.25, 0.3) is 0 Å². The minimum atomic E-state index is -0.654. The lowest BCUT2D eigenvalue weighted by atomic mass is 10.3. The molecule has 0 atom stereocenters. The van der Waals surface area contributed by atoms with Crippen molar-refractivity contribution in [3.05, 3.63) is 46.0 Å². The van der Waals surface area contributed by atoms with Crippen LogP contribution in [0.1, 0.15) is 0 Å². The van der Waals surface area contributed by atoms with E-state index in [1.807, 2.05) is 0 Å². The van der Waals surface area contributed by atoms with Gasteiger partial charge in [-0.25, -0.2) is 9.97 Å². The predicted molar refractivity (Wildman–Crippen MR) is 61.2 cm³/mol. The van der Waals surface area contributed by atoms with Crippen molar-refractivity contribution in [2.75, 3.05) is 0 Å². The Bertz CT molecular complexity index is 524. The molecule has 0 saturated carbocycles. The highest BCUT2D eigenvalue weighted by atomic mass is 79.9. The number of nitrogens with zero attached hydrogens (tertiary/aromatic N) is 2. The van der Waals surface area contributed by atoms with Crippen LogP contribution in [0.2, 0.25) is 5.02 Å². The molecule has 3 nitrogen and oxygen atoms in total. The molecule has 1 aromatic heterocycles. The third-order valence-electron chi connectivity index (χ3n) is 1.72. The third kappa shape index (κ3) is 2.68. The fourth-order valence-corrected chi connectivity index (χ4v) is 1.76. The van der Waals surface area contributed by atoms with E-state index in [1.54, 1.807) is 18.2 Å². The van der Waals surface area contributed by atoms with E-state index in [2.05, 4.69) is 25.9 Å². The molecule has 0 bridgehead atoms. The predicted octanol–water partition coefficient (Wildman–Crippen LogP) is 3.82. The summed E-state index contributed by atoms with van der Waals surface area (Å²) in [5.41, 5.74) is 0. The van der Waals surface area contributed by atoms with Crippen molar-refractivity contribution in [1.29, 1.82) is 0 Å². The van der Waals surface area contributed by atoms with Crippen LogP contribution in [0.5, 0.6) is 11.6 Å². The molecule has 0 unspecified atom stereocenters. The molecule has 0 aliphatic heterocycles. The van der Waals surface area contributed by atoms with Crippen molar-refractivity contribution in [1.82, 2.24) is 9.97 Å². The average molecular weight is 304 g/mol. The van der Waals surface area contributed by atoms with Crippen LogP contribution in [0, 0.1) is 5.95 Å². The van der Waals surface area contributed by atoms with E-state index < -0.39 is 5.95 Å². The van der Waals surface area contributed by atoms with Crippen LogP contribution < -0.4 is 4.74 Å². The lowest BCUT2D eigenvalue weighted by molar-refractivity contribution is 0.450. The van der Waals surface area contributed by atoms with Crippen molar-refractivity contribution < 1.29 is 9.13 Å². The van der Waals surface area contributed by atoms with Crippen molar-refractivity contribution in [2.45, 2.75) is 0 Å². The Kier molecular flexibility index (Phi) is 3.36. The molecule has 0 N–H and O–H groups in total. The molecule has 0 aliphatic carbocycles. The van der Waals surface area contributed by atoms with Gasteiger partial charge in [0.15, 0.2) is 0 Å². The molecule has 82 valence electrons. The van der Waals surface area contributed by atoms with Gasteiger partial charge in [-0.1, -0.05) is 27.5 Å². The van der Waals surface area contributed by atoms with Gasteiger partial charge in [0.25, 0.3) is 0 Å². The number of rotatable bonds is 2. The summed E-state index contributed by atoms with van der Waals surface area (Å²) in [6.07, 6.45) is 1.08. The second-order valence-corrected chi connectivity index (χ2v) is 4.18. The van der Waals surface area contributed by atoms with Gasteiger partial charge in [-0.2, -0.15) is 4.39 Å². The summed E-state index contributed by atoms with van der Waals surface area (Å²) in [7, 11) is 0. The van der Waals surface area contributed by atoms with Crippen molar-refractivity contribution in [2.24, 2.45) is 0 Å². The van der Waals surface area contributed by atoms with E-state index in [0.717, 1.165) is 16.9 Å². The molecule has 1 aromatic carbocycles. The Morgan fingerprint density at radius 1 is 1.25 bits per heavy atom. The Morgan fingerprint density at radius 3 is 2.75 bits per heavy atom. The second-order valence-electron chi connectivity index (χ2n) is 2.86. The van der Waals surface area contributed by atoms with E-state index in [0.29, 0.717) is 10.8 Å². The summed E-state index contributed by atoms with van der Waals surface area (Å²) in [5, 5.41) is 0.411. The fourth-order valence-electron chi connectivity index (χ4n) is 1.04. The van der Waals surface area contributed by atoms with E-state index in [-0.39, 0.29) is 5.88 Å². The zero-order valence-electron chi connectivity index (χ0n) is 7.82. The summed E-state index contributed by atoms with van der Waals surface area (Å²) in [6.45, 7) is 0. The number of hydrogen-bond acceptors (Lipinski definition) is 3. The standard InChI is InChI=1S/C10H5BrClFN2O/c11-6-1-2-8(7(12)3-6)16-10-4-9(13)14-5-15-10/h1-5H. The Morgan fingerprint density at radius 2 is 2.06 bits per heavy atom. The SMILES string of the molecule is Fc1cc(Oc2ccc(Br)cc2Cl)ncn1. The summed E-state index contributed by atoms with van der Waals surface area (Å²) in [6, 6.07) is 6.18.